The number of Topliss-reactive ketones (excluding diaryl/α,β-unsaturated/α-hetero) is 1. The van der Waals surface area contributed by atoms with E-state index in [-0.39, 0.29) is 17.9 Å². The second-order valence-electron chi connectivity index (χ2n) is 4.85. The Labute approximate surface area is 133 Å². The number of rotatable bonds is 3. The van der Waals surface area contributed by atoms with Gasteiger partial charge in [0.15, 0.2) is 0 Å². The third kappa shape index (κ3) is 5.78. The van der Waals surface area contributed by atoms with Crippen molar-refractivity contribution in [1.29, 1.82) is 0 Å². The van der Waals surface area contributed by atoms with Gasteiger partial charge in [0.1, 0.15) is 11.6 Å². The van der Waals surface area contributed by atoms with Gasteiger partial charge in [0.2, 0.25) is 0 Å². The first-order chi connectivity index (χ1) is 11.0. The van der Waals surface area contributed by atoms with Crippen LogP contribution in [0.1, 0.15) is 25.0 Å². The number of carbonyl (C=O) groups excluding carboxylic acids is 1. The molecule has 0 saturated carbocycles. The Morgan fingerprint density at radius 1 is 1.29 bits per heavy atom. The van der Waals surface area contributed by atoms with Crippen LogP contribution in [0.4, 0.5) is 23.4 Å². The summed E-state index contributed by atoms with van der Waals surface area (Å²) in [6.07, 6.45) is -3.47. The Morgan fingerprint density at radius 2 is 1.88 bits per heavy atom. The van der Waals surface area contributed by atoms with Crippen LogP contribution in [-0.4, -0.2) is 20.5 Å². The molecule has 0 aliphatic rings. The van der Waals surface area contributed by atoms with E-state index in [2.05, 4.69) is 5.10 Å². The van der Waals surface area contributed by atoms with E-state index >= 15 is 0 Å². The lowest BCUT2D eigenvalue weighted by molar-refractivity contribution is -0.389. The first-order valence-electron chi connectivity index (χ1n) is 6.51. The summed E-state index contributed by atoms with van der Waals surface area (Å²) in [6.45, 7) is 2.99. The normalized spacial score (nSPS) is 10.8. The van der Waals surface area contributed by atoms with Crippen molar-refractivity contribution in [3.63, 3.8) is 0 Å². The molecule has 1 heterocycles. The molecular formula is C14H13F4N3O3. The average molecular weight is 347 g/mol. The maximum Gasteiger partial charge on any atom is 0.419 e. The molecule has 24 heavy (non-hydrogen) atoms. The minimum atomic E-state index is -4.76. The summed E-state index contributed by atoms with van der Waals surface area (Å²) in [5.74, 6) is -1.62. The summed E-state index contributed by atoms with van der Waals surface area (Å²) in [4.78, 5) is 19.2. The largest absolute Gasteiger partial charge is 0.419 e. The van der Waals surface area contributed by atoms with Crippen molar-refractivity contribution in [2.75, 3.05) is 0 Å². The predicted octanol–water partition coefficient (Wildman–Crippen LogP) is 3.59. The number of benzene rings is 1. The van der Waals surface area contributed by atoms with E-state index in [0.717, 1.165) is 22.9 Å². The molecule has 0 atom stereocenters. The maximum absolute atomic E-state index is 13.3. The van der Waals surface area contributed by atoms with Crippen LogP contribution >= 0.6 is 0 Å². The smallest absolute Gasteiger partial charge is 0.358 e. The number of ketones is 1. The zero-order chi connectivity index (χ0) is 18.5. The highest BCUT2D eigenvalue weighted by molar-refractivity contribution is 5.72. The molecule has 0 N–H and O–H groups in total. The van der Waals surface area contributed by atoms with Gasteiger partial charge in [-0.15, -0.1) is 0 Å². The Hall–Kier alpha value is -2.78. The average Bonchev–Trinajstić information content (AvgIpc) is 2.85. The number of carbonyl (C=O) groups is 1. The molecule has 10 heteroatoms. The van der Waals surface area contributed by atoms with Crippen molar-refractivity contribution in [3.8, 4) is 0 Å². The molecular weight excluding hydrogens is 334 g/mol. The molecule has 0 spiro atoms. The highest BCUT2D eigenvalue weighted by Crippen LogP contribution is 2.31. The van der Waals surface area contributed by atoms with Gasteiger partial charge in [0, 0.05) is 0 Å². The highest BCUT2D eigenvalue weighted by Gasteiger charge is 2.33. The van der Waals surface area contributed by atoms with E-state index in [9.17, 15) is 32.5 Å². The van der Waals surface area contributed by atoms with Gasteiger partial charge in [0.05, 0.1) is 29.5 Å². The molecule has 2 rings (SSSR count). The van der Waals surface area contributed by atoms with Crippen LogP contribution in [0.3, 0.4) is 0 Å². The maximum atomic E-state index is 13.3. The third-order valence-electron chi connectivity index (χ3n) is 2.50. The van der Waals surface area contributed by atoms with Crippen LogP contribution in [0.25, 0.3) is 0 Å². The van der Waals surface area contributed by atoms with Gasteiger partial charge < -0.3 is 14.9 Å². The van der Waals surface area contributed by atoms with Crippen LogP contribution < -0.4 is 0 Å². The summed E-state index contributed by atoms with van der Waals surface area (Å²) in [6, 6.07) is 3.60. The molecule has 0 unspecified atom stereocenters. The van der Waals surface area contributed by atoms with Crippen LogP contribution in [0.5, 0.6) is 0 Å². The molecule has 1 aromatic heterocycles. The van der Waals surface area contributed by atoms with Crippen LogP contribution in [-0.2, 0) is 17.5 Å². The van der Waals surface area contributed by atoms with E-state index in [1.807, 2.05) is 0 Å². The van der Waals surface area contributed by atoms with Gasteiger partial charge in [-0.3, -0.25) is 0 Å². The minimum absolute atomic E-state index is 0.0666. The number of nitro groups is 1. The number of aromatic nitrogens is 2. The van der Waals surface area contributed by atoms with Crippen molar-refractivity contribution >= 4 is 11.6 Å². The zero-order valence-electron chi connectivity index (χ0n) is 12.7. The Morgan fingerprint density at radius 3 is 2.29 bits per heavy atom. The summed E-state index contributed by atoms with van der Waals surface area (Å²) < 4.78 is 51.6. The third-order valence-corrected chi connectivity index (χ3v) is 2.50. The second-order valence-corrected chi connectivity index (χ2v) is 4.85. The molecule has 0 amide bonds. The van der Waals surface area contributed by atoms with Crippen molar-refractivity contribution in [2.45, 2.75) is 26.6 Å². The quantitative estimate of drug-likeness (QED) is 0.483. The van der Waals surface area contributed by atoms with Gasteiger partial charge in [0.25, 0.3) is 0 Å². The molecule has 0 radical (unpaired) electrons. The highest BCUT2D eigenvalue weighted by atomic mass is 19.4. The first-order valence-corrected chi connectivity index (χ1v) is 6.51. The van der Waals surface area contributed by atoms with E-state index < -0.39 is 28.3 Å². The Balaban J connectivity index is 0.000000648. The van der Waals surface area contributed by atoms with Crippen molar-refractivity contribution in [2.24, 2.45) is 0 Å². The van der Waals surface area contributed by atoms with Crippen LogP contribution in [0.2, 0.25) is 0 Å². The second kappa shape index (κ2) is 7.66. The summed E-state index contributed by atoms with van der Waals surface area (Å²) in [5.41, 5.74) is -1.14. The Bertz CT molecular complexity index is 737. The lowest BCUT2D eigenvalue weighted by Gasteiger charge is -2.08. The van der Waals surface area contributed by atoms with E-state index in [0.29, 0.717) is 6.07 Å². The molecule has 1 aromatic carbocycles. The van der Waals surface area contributed by atoms with Crippen LogP contribution in [0, 0.1) is 15.9 Å². The molecule has 0 saturated heterocycles. The summed E-state index contributed by atoms with van der Waals surface area (Å²) in [7, 11) is 0. The van der Waals surface area contributed by atoms with E-state index in [4.69, 9.17) is 0 Å². The predicted molar refractivity (Wildman–Crippen MR) is 75.7 cm³/mol. The summed E-state index contributed by atoms with van der Waals surface area (Å²) >= 11 is 0. The van der Waals surface area contributed by atoms with Crippen molar-refractivity contribution in [3.05, 3.63) is 57.5 Å². The molecule has 2 aromatic rings. The van der Waals surface area contributed by atoms with Gasteiger partial charge in [-0.2, -0.15) is 17.9 Å². The van der Waals surface area contributed by atoms with Gasteiger partial charge >= 0.3 is 12.0 Å². The number of hydrogen-bond donors (Lipinski definition) is 0. The van der Waals surface area contributed by atoms with Gasteiger partial charge in [-0.25, -0.2) is 4.39 Å². The minimum Gasteiger partial charge on any atom is -0.358 e. The van der Waals surface area contributed by atoms with E-state index in [1.54, 1.807) is 0 Å². The molecule has 0 bridgehead atoms. The topological polar surface area (TPSA) is 78.0 Å². The lowest BCUT2D eigenvalue weighted by atomic mass is 10.1. The lowest BCUT2D eigenvalue weighted by Crippen LogP contribution is -2.09. The fourth-order valence-corrected chi connectivity index (χ4v) is 1.61. The number of nitrogens with zero attached hydrogens (tertiary/aromatic N) is 3. The van der Waals surface area contributed by atoms with Gasteiger partial charge in [-0.05, 0) is 36.5 Å². The zero-order valence-corrected chi connectivity index (χ0v) is 12.7. The summed E-state index contributed by atoms with van der Waals surface area (Å²) in [5, 5.41) is 14.0. The number of halogens is 4. The molecule has 6 nitrogen and oxygen atoms in total. The Kier molecular flexibility index (Phi) is 6.15. The fraction of sp³-hybridized carbons (Fsp3) is 0.286. The molecule has 0 aliphatic carbocycles. The van der Waals surface area contributed by atoms with Crippen LogP contribution in [0.15, 0.2) is 30.5 Å². The van der Waals surface area contributed by atoms with Gasteiger partial charge in [-0.1, -0.05) is 6.07 Å². The van der Waals surface area contributed by atoms with E-state index in [1.165, 1.54) is 20.0 Å². The molecule has 0 fully saturated rings. The standard InChI is InChI=1S/C11H7F4N3O2.C3H6O/c12-9-5-7(1-2-8(9)11(13,14)15)6-17-4-3-10(16-17)18(19)20;1-3(2)4/h1-5H,6H2;1-2H3. The first kappa shape index (κ1) is 19.3. The number of hydrogen-bond acceptors (Lipinski definition) is 4. The van der Waals surface area contributed by atoms with Crippen molar-refractivity contribution in [1.82, 2.24) is 9.78 Å². The molecule has 0 aliphatic heterocycles. The van der Waals surface area contributed by atoms with Crippen molar-refractivity contribution < 1.29 is 27.3 Å². The number of alkyl halides is 3. The SMILES string of the molecule is CC(C)=O.O=[N+]([O-])c1ccn(Cc2ccc(C(F)(F)F)c(F)c2)n1. The molecule has 130 valence electrons. The fourth-order valence-electron chi connectivity index (χ4n) is 1.61. The monoisotopic (exact) mass is 347 g/mol.